The Morgan fingerprint density at radius 1 is 1.24 bits per heavy atom. The molecule has 0 amide bonds. The molecule has 0 atom stereocenters. The molecule has 1 fully saturated rings. The number of β-amino-alcohol motifs (C(OH)–C–C–N with tert-alkyl or cyclic N) is 1. The molecule has 1 aromatic carbocycles. The van der Waals surface area contributed by atoms with E-state index in [1.165, 1.54) is 12.1 Å². The molecule has 0 aromatic heterocycles. The normalized spacial score (nSPS) is 18.4. The summed E-state index contributed by atoms with van der Waals surface area (Å²) in [5.74, 6) is 0. The lowest BCUT2D eigenvalue weighted by Gasteiger charge is -2.48. The molecule has 21 heavy (non-hydrogen) atoms. The van der Waals surface area contributed by atoms with Crippen molar-refractivity contribution in [3.05, 3.63) is 24.3 Å². The number of aliphatic hydroxyl groups is 1. The van der Waals surface area contributed by atoms with E-state index < -0.39 is 25.8 Å². The molecule has 1 aliphatic heterocycles. The van der Waals surface area contributed by atoms with Gasteiger partial charge < -0.3 is 10.0 Å². The second-order valence-electron chi connectivity index (χ2n) is 5.27. The average molecular weight is 323 g/mol. The van der Waals surface area contributed by atoms with Gasteiger partial charge in [-0.15, -0.1) is 0 Å². The smallest absolute Gasteiger partial charge is 0.386 e. The maximum atomic E-state index is 12.4. The van der Waals surface area contributed by atoms with Crippen LogP contribution in [-0.4, -0.2) is 37.7 Å². The SMILES string of the molecule is CCCC1(O)CN(c2ccc(S(=O)(=O)C(F)(F)F)cc2)C1. The number of rotatable bonds is 4. The zero-order valence-corrected chi connectivity index (χ0v) is 12.2. The zero-order valence-electron chi connectivity index (χ0n) is 11.4. The van der Waals surface area contributed by atoms with Gasteiger partial charge in [-0.05, 0) is 30.7 Å². The number of hydrogen-bond donors (Lipinski definition) is 1. The molecule has 1 aliphatic rings. The number of anilines is 1. The first-order valence-electron chi connectivity index (χ1n) is 6.48. The molecule has 0 aliphatic carbocycles. The molecule has 0 saturated carbocycles. The third kappa shape index (κ3) is 3.01. The molecule has 8 heteroatoms. The van der Waals surface area contributed by atoms with Crippen LogP contribution in [0, 0.1) is 0 Å². The van der Waals surface area contributed by atoms with Crippen molar-refractivity contribution in [2.45, 2.75) is 35.8 Å². The van der Waals surface area contributed by atoms with Crippen LogP contribution in [0.3, 0.4) is 0 Å². The van der Waals surface area contributed by atoms with Crippen LogP contribution in [0.5, 0.6) is 0 Å². The van der Waals surface area contributed by atoms with E-state index in [-0.39, 0.29) is 0 Å². The second-order valence-corrected chi connectivity index (χ2v) is 7.21. The first-order valence-corrected chi connectivity index (χ1v) is 7.96. The van der Waals surface area contributed by atoms with Crippen molar-refractivity contribution >= 4 is 15.5 Å². The molecule has 0 spiro atoms. The van der Waals surface area contributed by atoms with Crippen LogP contribution in [0.2, 0.25) is 0 Å². The van der Waals surface area contributed by atoms with Gasteiger partial charge in [-0.1, -0.05) is 13.3 Å². The predicted octanol–water partition coefficient (Wildman–Crippen LogP) is 2.33. The molecular weight excluding hydrogens is 307 g/mol. The summed E-state index contributed by atoms with van der Waals surface area (Å²) in [6.07, 6.45) is 1.50. The fraction of sp³-hybridized carbons (Fsp3) is 0.538. The second kappa shape index (κ2) is 5.17. The molecule has 2 rings (SSSR count). The molecule has 0 bridgehead atoms. The summed E-state index contributed by atoms with van der Waals surface area (Å²) in [6, 6.07) is 4.53. The predicted molar refractivity (Wildman–Crippen MR) is 71.8 cm³/mol. The average Bonchev–Trinajstić information content (AvgIpc) is 2.35. The summed E-state index contributed by atoms with van der Waals surface area (Å²) in [7, 11) is -5.31. The Morgan fingerprint density at radius 3 is 2.19 bits per heavy atom. The van der Waals surface area contributed by atoms with Gasteiger partial charge in [0.2, 0.25) is 0 Å². The van der Waals surface area contributed by atoms with Crippen molar-refractivity contribution in [3.8, 4) is 0 Å². The van der Waals surface area contributed by atoms with Crippen LogP contribution in [-0.2, 0) is 9.84 Å². The van der Waals surface area contributed by atoms with Gasteiger partial charge in [0, 0.05) is 18.8 Å². The van der Waals surface area contributed by atoms with Gasteiger partial charge in [0.1, 0.15) is 0 Å². The minimum absolute atomic E-state index is 0.395. The minimum Gasteiger partial charge on any atom is -0.386 e. The fourth-order valence-electron chi connectivity index (χ4n) is 2.44. The number of hydrogen-bond acceptors (Lipinski definition) is 4. The highest BCUT2D eigenvalue weighted by Gasteiger charge is 2.47. The van der Waals surface area contributed by atoms with E-state index >= 15 is 0 Å². The monoisotopic (exact) mass is 323 g/mol. The maximum Gasteiger partial charge on any atom is 0.501 e. The number of benzene rings is 1. The van der Waals surface area contributed by atoms with Gasteiger partial charge in [0.15, 0.2) is 0 Å². The minimum atomic E-state index is -5.31. The zero-order chi connectivity index (χ0) is 15.9. The fourth-order valence-corrected chi connectivity index (χ4v) is 3.20. The van der Waals surface area contributed by atoms with Crippen molar-refractivity contribution in [2.75, 3.05) is 18.0 Å². The van der Waals surface area contributed by atoms with Crippen LogP contribution in [0.15, 0.2) is 29.2 Å². The molecule has 1 N–H and O–H groups in total. The van der Waals surface area contributed by atoms with Gasteiger partial charge in [-0.2, -0.15) is 13.2 Å². The van der Waals surface area contributed by atoms with Crippen molar-refractivity contribution in [3.63, 3.8) is 0 Å². The summed E-state index contributed by atoms with van der Waals surface area (Å²) < 4.78 is 59.7. The van der Waals surface area contributed by atoms with E-state index in [0.717, 1.165) is 18.6 Å². The van der Waals surface area contributed by atoms with Crippen LogP contribution in [0.4, 0.5) is 18.9 Å². The third-order valence-electron chi connectivity index (χ3n) is 3.50. The van der Waals surface area contributed by atoms with Crippen LogP contribution >= 0.6 is 0 Å². The summed E-state index contributed by atoms with van der Waals surface area (Å²) in [6.45, 7) is 2.75. The summed E-state index contributed by atoms with van der Waals surface area (Å²) in [4.78, 5) is 1.02. The van der Waals surface area contributed by atoms with Crippen LogP contribution < -0.4 is 4.90 Å². The molecule has 1 aromatic rings. The number of sulfone groups is 1. The Bertz CT molecular complexity index is 605. The molecule has 1 heterocycles. The lowest BCUT2D eigenvalue weighted by atomic mass is 9.89. The van der Waals surface area contributed by atoms with Gasteiger partial charge in [0.25, 0.3) is 9.84 Å². The van der Waals surface area contributed by atoms with Crippen molar-refractivity contribution < 1.29 is 26.7 Å². The first-order chi connectivity index (χ1) is 9.59. The van der Waals surface area contributed by atoms with E-state index in [1.54, 1.807) is 4.90 Å². The Kier molecular flexibility index (Phi) is 3.96. The standard InChI is InChI=1S/C13H16F3NO3S/c1-2-7-12(18)8-17(9-12)10-3-5-11(6-4-10)21(19,20)13(14,15)16/h3-6,18H,2,7-9H2,1H3. The highest BCUT2D eigenvalue weighted by Crippen LogP contribution is 2.34. The summed E-state index contributed by atoms with van der Waals surface area (Å²) in [5.41, 5.74) is -5.46. The van der Waals surface area contributed by atoms with E-state index in [1.807, 2.05) is 6.92 Å². The highest BCUT2D eigenvalue weighted by atomic mass is 32.2. The number of alkyl halides is 3. The molecule has 0 radical (unpaired) electrons. The van der Waals surface area contributed by atoms with Gasteiger partial charge >= 0.3 is 5.51 Å². The Morgan fingerprint density at radius 2 is 1.76 bits per heavy atom. The first kappa shape index (κ1) is 16.1. The van der Waals surface area contributed by atoms with E-state index in [2.05, 4.69) is 0 Å². The van der Waals surface area contributed by atoms with E-state index in [9.17, 15) is 26.7 Å². The van der Waals surface area contributed by atoms with E-state index in [4.69, 9.17) is 0 Å². The lowest BCUT2D eigenvalue weighted by Crippen LogP contribution is -2.61. The lowest BCUT2D eigenvalue weighted by molar-refractivity contribution is -0.0436. The van der Waals surface area contributed by atoms with Gasteiger partial charge in [-0.3, -0.25) is 0 Å². The van der Waals surface area contributed by atoms with Gasteiger partial charge in [-0.25, -0.2) is 8.42 Å². The third-order valence-corrected chi connectivity index (χ3v) is 5.00. The topological polar surface area (TPSA) is 57.6 Å². The Balaban J connectivity index is 2.12. The van der Waals surface area contributed by atoms with Gasteiger partial charge in [0.05, 0.1) is 10.5 Å². The highest BCUT2D eigenvalue weighted by molar-refractivity contribution is 7.92. The number of nitrogens with zero attached hydrogens (tertiary/aromatic N) is 1. The quantitative estimate of drug-likeness (QED) is 0.924. The Hall–Kier alpha value is -1.28. The number of halogens is 3. The maximum absolute atomic E-state index is 12.4. The molecule has 1 saturated heterocycles. The van der Waals surface area contributed by atoms with Crippen LogP contribution in [0.25, 0.3) is 0 Å². The van der Waals surface area contributed by atoms with Crippen LogP contribution in [0.1, 0.15) is 19.8 Å². The van der Waals surface area contributed by atoms with Crippen molar-refractivity contribution in [1.82, 2.24) is 0 Å². The molecule has 118 valence electrons. The molecule has 4 nitrogen and oxygen atoms in total. The summed E-state index contributed by atoms with van der Waals surface area (Å²) >= 11 is 0. The van der Waals surface area contributed by atoms with Crippen molar-refractivity contribution in [1.29, 1.82) is 0 Å². The van der Waals surface area contributed by atoms with Crippen molar-refractivity contribution in [2.24, 2.45) is 0 Å². The largest absolute Gasteiger partial charge is 0.501 e. The molecular formula is C13H16F3NO3S. The molecule has 0 unspecified atom stereocenters. The van der Waals surface area contributed by atoms with E-state index in [0.29, 0.717) is 25.2 Å². The summed E-state index contributed by atoms with van der Waals surface area (Å²) in [5, 5.41) is 10.0. The Labute approximate surface area is 121 Å².